The van der Waals surface area contributed by atoms with Gasteiger partial charge in [-0.1, -0.05) is 29.8 Å². The molecule has 8 heteroatoms. The number of hydrogen-bond acceptors (Lipinski definition) is 3. The van der Waals surface area contributed by atoms with Gasteiger partial charge < -0.3 is 9.80 Å². The lowest BCUT2D eigenvalue weighted by Crippen LogP contribution is -2.58. The van der Waals surface area contributed by atoms with Crippen LogP contribution in [0.5, 0.6) is 0 Å². The fraction of sp³-hybridized carbons (Fsp3) is 0.174. The van der Waals surface area contributed by atoms with Gasteiger partial charge in [-0.05, 0) is 42.0 Å². The van der Waals surface area contributed by atoms with Crippen molar-refractivity contribution < 1.29 is 18.4 Å². The topological polar surface area (TPSA) is 53.5 Å². The van der Waals surface area contributed by atoms with Crippen LogP contribution >= 0.6 is 11.6 Å². The Morgan fingerprint density at radius 1 is 1.03 bits per heavy atom. The molecule has 1 unspecified atom stereocenters. The summed E-state index contributed by atoms with van der Waals surface area (Å²) in [5, 5.41) is 0.499. The van der Waals surface area contributed by atoms with Gasteiger partial charge in [0.2, 0.25) is 5.95 Å². The van der Waals surface area contributed by atoms with Crippen LogP contribution < -0.4 is 0 Å². The molecule has 1 saturated heterocycles. The number of rotatable bonds is 2. The molecule has 2 aliphatic heterocycles. The SMILES string of the molecule is O=C(c1ccc(F)nc1)N1CCN2C(=O)c3cccc(F)c3CC12c1ccc(Cl)cc1. The molecule has 0 spiro atoms. The Hall–Kier alpha value is -3.32. The second-order valence-corrected chi connectivity index (χ2v) is 7.99. The Balaban J connectivity index is 1.70. The van der Waals surface area contributed by atoms with Gasteiger partial charge in [0.25, 0.3) is 11.8 Å². The number of halogens is 3. The van der Waals surface area contributed by atoms with Crippen LogP contribution in [0.2, 0.25) is 5.02 Å². The Morgan fingerprint density at radius 2 is 1.81 bits per heavy atom. The molecule has 3 aromatic rings. The summed E-state index contributed by atoms with van der Waals surface area (Å²) >= 11 is 6.07. The first kappa shape index (κ1) is 19.6. The van der Waals surface area contributed by atoms with E-state index >= 15 is 0 Å². The predicted octanol–water partition coefficient (Wildman–Crippen LogP) is 4.02. The van der Waals surface area contributed by atoms with Gasteiger partial charge in [0.05, 0.1) is 5.56 Å². The molecule has 5 nitrogen and oxygen atoms in total. The fourth-order valence-corrected chi connectivity index (χ4v) is 4.69. The summed E-state index contributed by atoms with van der Waals surface area (Å²) < 4.78 is 28.1. The number of benzene rings is 2. The minimum atomic E-state index is -1.23. The molecular formula is C23H16ClF2N3O2. The van der Waals surface area contributed by atoms with E-state index in [9.17, 15) is 18.4 Å². The summed E-state index contributed by atoms with van der Waals surface area (Å²) in [6, 6.07) is 13.7. The Morgan fingerprint density at radius 3 is 2.52 bits per heavy atom. The van der Waals surface area contributed by atoms with Gasteiger partial charge in [-0.2, -0.15) is 4.39 Å². The van der Waals surface area contributed by atoms with E-state index in [0.29, 0.717) is 16.1 Å². The highest BCUT2D eigenvalue weighted by Crippen LogP contribution is 2.46. The molecule has 1 aromatic heterocycles. The number of carbonyl (C=O) groups excluding carboxylic acids is 2. The van der Waals surface area contributed by atoms with Gasteiger partial charge >= 0.3 is 0 Å². The number of hydrogen-bond donors (Lipinski definition) is 0. The number of aromatic nitrogens is 1. The standard InChI is InChI=1S/C23H16ClF2N3O2/c24-16-7-5-15(6-8-16)23-12-18-17(2-1-3-19(18)25)22(31)29(23)11-10-28(23)21(30)14-4-9-20(26)27-13-14/h1-9,13H,10-12H2. The fourth-order valence-electron chi connectivity index (χ4n) is 4.56. The third-order valence-corrected chi connectivity index (χ3v) is 6.24. The molecule has 3 heterocycles. The van der Waals surface area contributed by atoms with Crippen molar-refractivity contribution in [1.29, 1.82) is 0 Å². The molecule has 31 heavy (non-hydrogen) atoms. The smallest absolute Gasteiger partial charge is 0.257 e. The van der Waals surface area contributed by atoms with Crippen molar-refractivity contribution in [3.8, 4) is 0 Å². The first-order chi connectivity index (χ1) is 14.9. The van der Waals surface area contributed by atoms with Crippen molar-refractivity contribution in [1.82, 2.24) is 14.8 Å². The minimum Gasteiger partial charge on any atom is -0.309 e. The van der Waals surface area contributed by atoms with Crippen LogP contribution in [0.25, 0.3) is 0 Å². The number of nitrogens with zero attached hydrogens (tertiary/aromatic N) is 3. The van der Waals surface area contributed by atoms with Gasteiger partial charge in [-0.3, -0.25) is 9.59 Å². The Bertz CT molecular complexity index is 1200. The summed E-state index contributed by atoms with van der Waals surface area (Å²) in [6.07, 6.45) is 1.25. The molecule has 0 N–H and O–H groups in total. The molecular weight excluding hydrogens is 424 g/mol. The quantitative estimate of drug-likeness (QED) is 0.567. The summed E-state index contributed by atoms with van der Waals surface area (Å²) in [6.45, 7) is 0.512. The molecule has 0 aliphatic carbocycles. The number of amides is 2. The summed E-state index contributed by atoms with van der Waals surface area (Å²) in [7, 11) is 0. The lowest BCUT2D eigenvalue weighted by Gasteiger charge is -2.47. The minimum absolute atomic E-state index is 0.0861. The van der Waals surface area contributed by atoms with Gasteiger partial charge in [-0.15, -0.1) is 0 Å². The molecule has 5 rings (SSSR count). The van der Waals surface area contributed by atoms with Gasteiger partial charge in [0.1, 0.15) is 11.5 Å². The molecule has 1 fully saturated rings. The van der Waals surface area contributed by atoms with E-state index in [2.05, 4.69) is 4.98 Å². The summed E-state index contributed by atoms with van der Waals surface area (Å²) in [5.74, 6) is -1.96. The van der Waals surface area contributed by atoms with E-state index in [0.717, 1.165) is 12.3 Å². The van der Waals surface area contributed by atoms with Gasteiger partial charge in [-0.25, -0.2) is 9.37 Å². The molecule has 156 valence electrons. The molecule has 2 aromatic carbocycles. The normalized spacial score (nSPS) is 19.9. The van der Waals surface area contributed by atoms with E-state index in [-0.39, 0.29) is 36.5 Å². The van der Waals surface area contributed by atoms with Gasteiger partial charge in [0, 0.05) is 41.9 Å². The first-order valence-electron chi connectivity index (χ1n) is 9.71. The lowest BCUT2D eigenvalue weighted by molar-refractivity contribution is 0.00710. The van der Waals surface area contributed by atoms with Crippen LogP contribution in [0.4, 0.5) is 8.78 Å². The Kier molecular flexibility index (Phi) is 4.51. The summed E-state index contributed by atoms with van der Waals surface area (Å²) in [4.78, 5) is 33.6. The van der Waals surface area contributed by atoms with Crippen LogP contribution in [0.3, 0.4) is 0 Å². The van der Waals surface area contributed by atoms with Crippen molar-refractivity contribution in [3.05, 3.63) is 99.8 Å². The van der Waals surface area contributed by atoms with Crippen LogP contribution in [0.15, 0.2) is 60.8 Å². The van der Waals surface area contributed by atoms with Crippen LogP contribution in [0.1, 0.15) is 31.8 Å². The van der Waals surface area contributed by atoms with Crippen molar-refractivity contribution in [3.63, 3.8) is 0 Å². The predicted molar refractivity (Wildman–Crippen MR) is 110 cm³/mol. The van der Waals surface area contributed by atoms with E-state index in [4.69, 9.17) is 11.6 Å². The van der Waals surface area contributed by atoms with E-state index < -0.39 is 23.3 Å². The second kappa shape index (κ2) is 7.13. The van der Waals surface area contributed by atoms with Crippen LogP contribution in [0, 0.1) is 11.8 Å². The monoisotopic (exact) mass is 439 g/mol. The molecule has 0 bridgehead atoms. The van der Waals surface area contributed by atoms with Crippen LogP contribution in [-0.4, -0.2) is 39.7 Å². The zero-order valence-corrected chi connectivity index (χ0v) is 16.9. The maximum atomic E-state index is 14.8. The van der Waals surface area contributed by atoms with Crippen molar-refractivity contribution in [2.24, 2.45) is 0 Å². The molecule has 1 atom stereocenters. The highest BCUT2D eigenvalue weighted by molar-refractivity contribution is 6.30. The van der Waals surface area contributed by atoms with E-state index in [1.807, 2.05) is 0 Å². The van der Waals surface area contributed by atoms with Crippen molar-refractivity contribution in [2.75, 3.05) is 13.1 Å². The largest absolute Gasteiger partial charge is 0.309 e. The molecule has 0 saturated carbocycles. The van der Waals surface area contributed by atoms with E-state index in [1.54, 1.807) is 40.1 Å². The molecule has 2 amide bonds. The number of fused-ring (bicyclic) bond motifs is 2. The van der Waals surface area contributed by atoms with Crippen molar-refractivity contribution in [2.45, 2.75) is 12.1 Å². The molecule has 0 radical (unpaired) electrons. The Labute approximate surface area is 181 Å². The van der Waals surface area contributed by atoms with Crippen LogP contribution in [-0.2, 0) is 12.1 Å². The number of carbonyl (C=O) groups is 2. The highest BCUT2D eigenvalue weighted by atomic mass is 35.5. The summed E-state index contributed by atoms with van der Waals surface area (Å²) in [5.41, 5.74) is 0.143. The first-order valence-corrected chi connectivity index (χ1v) is 10.1. The maximum Gasteiger partial charge on any atom is 0.257 e. The zero-order valence-electron chi connectivity index (χ0n) is 16.2. The third kappa shape index (κ3) is 2.91. The van der Waals surface area contributed by atoms with Gasteiger partial charge in [0.15, 0.2) is 0 Å². The zero-order chi connectivity index (χ0) is 21.8. The third-order valence-electron chi connectivity index (χ3n) is 5.98. The number of pyridine rings is 1. The highest BCUT2D eigenvalue weighted by Gasteiger charge is 2.56. The average Bonchev–Trinajstić information content (AvgIpc) is 3.16. The lowest BCUT2D eigenvalue weighted by atomic mass is 9.83. The molecule has 2 aliphatic rings. The maximum absolute atomic E-state index is 14.8. The van der Waals surface area contributed by atoms with Crippen molar-refractivity contribution >= 4 is 23.4 Å². The average molecular weight is 440 g/mol. The van der Waals surface area contributed by atoms with E-state index in [1.165, 1.54) is 18.2 Å². The second-order valence-electron chi connectivity index (χ2n) is 7.55.